The van der Waals surface area contributed by atoms with E-state index < -0.39 is 5.41 Å². The van der Waals surface area contributed by atoms with Gasteiger partial charge >= 0.3 is 0 Å². The molecule has 1 N–H and O–H groups in total. The smallest absolute Gasteiger partial charge is 0.237 e. The van der Waals surface area contributed by atoms with E-state index in [0.29, 0.717) is 6.42 Å². The fourth-order valence-corrected chi connectivity index (χ4v) is 3.75. The Hall–Kier alpha value is -2.62. The molecule has 2 atom stereocenters. The van der Waals surface area contributed by atoms with E-state index in [1.54, 1.807) is 11.9 Å². The number of rotatable bonds is 5. The van der Waals surface area contributed by atoms with E-state index in [1.165, 1.54) is 0 Å². The first-order chi connectivity index (χ1) is 12.0. The molecule has 0 bridgehead atoms. The summed E-state index contributed by atoms with van der Waals surface area (Å²) in [6.45, 7) is 3.93. The van der Waals surface area contributed by atoms with Crippen LogP contribution in [0.4, 0.5) is 5.69 Å². The first-order valence-corrected chi connectivity index (χ1v) is 8.71. The van der Waals surface area contributed by atoms with Crippen LogP contribution in [-0.2, 0) is 15.0 Å². The number of benzene rings is 2. The molecule has 1 aliphatic rings. The zero-order valence-electron chi connectivity index (χ0n) is 15.0. The molecule has 130 valence electrons. The SMILES string of the molecule is CC[C@]1(CC(=O)N[C@H](C)c2ccccc2)C(=O)N(C)c2ccccc21. The number of nitrogens with one attached hydrogen (secondary N) is 1. The minimum Gasteiger partial charge on any atom is -0.350 e. The van der Waals surface area contributed by atoms with Gasteiger partial charge in [0.1, 0.15) is 0 Å². The van der Waals surface area contributed by atoms with Crippen LogP contribution >= 0.6 is 0 Å². The average Bonchev–Trinajstić information content (AvgIpc) is 2.85. The molecule has 1 heterocycles. The Morgan fingerprint density at radius 1 is 1.12 bits per heavy atom. The second kappa shape index (κ2) is 6.71. The van der Waals surface area contributed by atoms with Crippen molar-refractivity contribution in [3.8, 4) is 0 Å². The van der Waals surface area contributed by atoms with Crippen molar-refractivity contribution in [1.29, 1.82) is 0 Å². The molecule has 0 spiro atoms. The quantitative estimate of drug-likeness (QED) is 0.907. The van der Waals surface area contributed by atoms with Gasteiger partial charge in [-0.05, 0) is 30.5 Å². The summed E-state index contributed by atoms with van der Waals surface area (Å²) in [6.07, 6.45) is 0.765. The summed E-state index contributed by atoms with van der Waals surface area (Å²) in [4.78, 5) is 27.4. The summed E-state index contributed by atoms with van der Waals surface area (Å²) in [5.41, 5.74) is 2.13. The Morgan fingerprint density at radius 2 is 1.76 bits per heavy atom. The molecule has 0 radical (unpaired) electrons. The number of carbonyl (C=O) groups excluding carboxylic acids is 2. The number of hydrogen-bond acceptors (Lipinski definition) is 2. The Balaban J connectivity index is 1.83. The molecule has 25 heavy (non-hydrogen) atoms. The Kier molecular flexibility index (Phi) is 4.62. The van der Waals surface area contributed by atoms with Crippen molar-refractivity contribution in [2.24, 2.45) is 0 Å². The molecule has 0 fully saturated rings. The van der Waals surface area contributed by atoms with Gasteiger partial charge in [0.25, 0.3) is 0 Å². The van der Waals surface area contributed by atoms with Crippen molar-refractivity contribution in [3.63, 3.8) is 0 Å². The minimum absolute atomic E-state index is 0.00119. The minimum atomic E-state index is -0.772. The molecule has 1 aliphatic heterocycles. The van der Waals surface area contributed by atoms with Gasteiger partial charge in [0, 0.05) is 19.2 Å². The third-order valence-electron chi connectivity index (χ3n) is 5.24. The van der Waals surface area contributed by atoms with E-state index in [2.05, 4.69) is 5.32 Å². The van der Waals surface area contributed by atoms with Crippen LogP contribution in [-0.4, -0.2) is 18.9 Å². The molecular formula is C21H24N2O2. The number of para-hydroxylation sites is 1. The number of hydrogen-bond donors (Lipinski definition) is 1. The molecule has 3 rings (SSSR count). The van der Waals surface area contributed by atoms with Gasteiger partial charge in [-0.1, -0.05) is 55.5 Å². The first kappa shape index (κ1) is 17.2. The van der Waals surface area contributed by atoms with E-state index in [1.807, 2.05) is 68.4 Å². The van der Waals surface area contributed by atoms with Crippen molar-refractivity contribution >= 4 is 17.5 Å². The van der Waals surface area contributed by atoms with Crippen LogP contribution < -0.4 is 10.2 Å². The zero-order valence-corrected chi connectivity index (χ0v) is 15.0. The number of nitrogens with zero attached hydrogens (tertiary/aromatic N) is 1. The van der Waals surface area contributed by atoms with Crippen LogP contribution in [0.2, 0.25) is 0 Å². The number of anilines is 1. The highest BCUT2D eigenvalue weighted by molar-refractivity contribution is 6.09. The van der Waals surface area contributed by atoms with Crippen molar-refractivity contribution in [2.45, 2.75) is 38.1 Å². The summed E-state index contributed by atoms with van der Waals surface area (Å²) in [5.74, 6) is -0.102. The summed E-state index contributed by atoms with van der Waals surface area (Å²) >= 11 is 0. The van der Waals surface area contributed by atoms with Gasteiger partial charge in [-0.15, -0.1) is 0 Å². The van der Waals surface area contributed by atoms with Crippen LogP contribution in [0.3, 0.4) is 0 Å². The standard InChI is InChI=1S/C21H24N2O2/c1-4-21(17-12-8-9-13-18(17)23(3)20(21)25)14-19(24)22-15(2)16-10-6-5-7-11-16/h5-13,15H,4,14H2,1-3H3,(H,22,24)/t15-,21-/m1/s1. The number of amides is 2. The topological polar surface area (TPSA) is 49.4 Å². The molecule has 0 aliphatic carbocycles. The Labute approximate surface area is 148 Å². The second-order valence-corrected chi connectivity index (χ2v) is 6.69. The monoisotopic (exact) mass is 336 g/mol. The maximum Gasteiger partial charge on any atom is 0.237 e. The van der Waals surface area contributed by atoms with Crippen molar-refractivity contribution in [3.05, 3.63) is 65.7 Å². The van der Waals surface area contributed by atoms with Crippen LogP contribution in [0.15, 0.2) is 54.6 Å². The lowest BCUT2D eigenvalue weighted by molar-refractivity contribution is -0.130. The van der Waals surface area contributed by atoms with Crippen LogP contribution in [0, 0.1) is 0 Å². The highest BCUT2D eigenvalue weighted by atomic mass is 16.2. The van der Waals surface area contributed by atoms with Crippen LogP contribution in [0.25, 0.3) is 0 Å². The predicted octanol–water partition coefficient (Wildman–Crippen LogP) is 3.58. The van der Waals surface area contributed by atoms with Gasteiger partial charge in [-0.2, -0.15) is 0 Å². The number of carbonyl (C=O) groups is 2. The van der Waals surface area contributed by atoms with Gasteiger partial charge in [0.05, 0.1) is 11.5 Å². The molecule has 0 saturated carbocycles. The maximum atomic E-state index is 13.0. The Bertz CT molecular complexity index is 787. The van der Waals surface area contributed by atoms with Crippen molar-refractivity contribution in [2.75, 3.05) is 11.9 Å². The molecular weight excluding hydrogens is 312 g/mol. The highest BCUT2D eigenvalue weighted by Gasteiger charge is 2.49. The molecule has 4 heteroatoms. The summed E-state index contributed by atoms with van der Waals surface area (Å²) in [7, 11) is 1.78. The number of likely N-dealkylation sites (N-methyl/N-ethyl adjacent to an activating group) is 1. The fourth-order valence-electron chi connectivity index (χ4n) is 3.75. The second-order valence-electron chi connectivity index (χ2n) is 6.69. The van der Waals surface area contributed by atoms with E-state index in [4.69, 9.17) is 0 Å². The third-order valence-corrected chi connectivity index (χ3v) is 5.24. The Morgan fingerprint density at radius 3 is 2.44 bits per heavy atom. The van der Waals surface area contributed by atoms with E-state index in [-0.39, 0.29) is 24.3 Å². The molecule has 0 aromatic heterocycles. The van der Waals surface area contributed by atoms with Gasteiger partial charge in [0.15, 0.2) is 0 Å². The van der Waals surface area contributed by atoms with Crippen LogP contribution in [0.1, 0.15) is 43.9 Å². The molecule has 0 unspecified atom stereocenters. The molecule has 2 aromatic rings. The molecule has 2 amide bonds. The van der Waals surface area contributed by atoms with Gasteiger partial charge in [-0.3, -0.25) is 9.59 Å². The lowest BCUT2D eigenvalue weighted by Gasteiger charge is -2.27. The lowest BCUT2D eigenvalue weighted by atomic mass is 9.76. The fraction of sp³-hybridized carbons (Fsp3) is 0.333. The number of fused-ring (bicyclic) bond motifs is 1. The van der Waals surface area contributed by atoms with E-state index in [9.17, 15) is 9.59 Å². The van der Waals surface area contributed by atoms with Gasteiger partial charge in [0.2, 0.25) is 11.8 Å². The summed E-state index contributed by atoms with van der Waals surface area (Å²) in [5, 5.41) is 3.04. The average molecular weight is 336 g/mol. The van der Waals surface area contributed by atoms with Gasteiger partial charge < -0.3 is 10.2 Å². The van der Waals surface area contributed by atoms with Crippen LogP contribution in [0.5, 0.6) is 0 Å². The molecule has 2 aromatic carbocycles. The summed E-state index contributed by atoms with van der Waals surface area (Å²) < 4.78 is 0. The van der Waals surface area contributed by atoms with Crippen molar-refractivity contribution in [1.82, 2.24) is 5.32 Å². The van der Waals surface area contributed by atoms with Crippen molar-refractivity contribution < 1.29 is 9.59 Å². The van der Waals surface area contributed by atoms with E-state index in [0.717, 1.165) is 16.8 Å². The van der Waals surface area contributed by atoms with E-state index >= 15 is 0 Å². The normalized spacial score (nSPS) is 20.3. The third kappa shape index (κ3) is 2.93. The zero-order chi connectivity index (χ0) is 18.0. The first-order valence-electron chi connectivity index (χ1n) is 8.71. The largest absolute Gasteiger partial charge is 0.350 e. The summed E-state index contributed by atoms with van der Waals surface area (Å²) in [6, 6.07) is 17.5. The predicted molar refractivity (Wildman–Crippen MR) is 99.4 cm³/mol. The molecule has 0 saturated heterocycles. The highest BCUT2D eigenvalue weighted by Crippen LogP contribution is 2.45. The lowest BCUT2D eigenvalue weighted by Crippen LogP contribution is -2.42. The molecule has 4 nitrogen and oxygen atoms in total. The maximum absolute atomic E-state index is 13.0. The van der Waals surface area contributed by atoms with Gasteiger partial charge in [-0.25, -0.2) is 0 Å².